The van der Waals surface area contributed by atoms with E-state index >= 15 is 0 Å². The number of benzene rings is 1. The molecule has 146 valence electrons. The minimum absolute atomic E-state index is 0.0327. The van der Waals surface area contributed by atoms with Gasteiger partial charge < -0.3 is 15.4 Å². The highest BCUT2D eigenvalue weighted by atomic mass is 32.2. The van der Waals surface area contributed by atoms with Gasteiger partial charge in [-0.25, -0.2) is 12.7 Å². The van der Waals surface area contributed by atoms with Crippen molar-refractivity contribution in [3.8, 4) is 5.75 Å². The number of anilines is 1. The van der Waals surface area contributed by atoms with E-state index in [1.54, 1.807) is 17.5 Å². The Labute approximate surface area is 162 Å². The van der Waals surface area contributed by atoms with Gasteiger partial charge in [0.15, 0.2) is 0 Å². The molecule has 0 aliphatic carbocycles. The summed E-state index contributed by atoms with van der Waals surface area (Å²) in [5, 5.41) is 7.08. The van der Waals surface area contributed by atoms with Crippen LogP contribution in [0, 0.1) is 0 Å². The van der Waals surface area contributed by atoms with Gasteiger partial charge in [0.1, 0.15) is 5.75 Å². The van der Waals surface area contributed by atoms with Crippen LogP contribution in [0.4, 0.5) is 5.69 Å². The number of nitrogens with one attached hydrogen (secondary N) is 2. The lowest BCUT2D eigenvalue weighted by molar-refractivity contribution is -0.116. The summed E-state index contributed by atoms with van der Waals surface area (Å²) in [4.78, 5) is 24.6. The molecule has 8 nitrogen and oxygen atoms in total. The maximum Gasteiger partial charge on any atom is 0.261 e. The van der Waals surface area contributed by atoms with Crippen molar-refractivity contribution in [1.82, 2.24) is 9.62 Å². The quantitative estimate of drug-likeness (QED) is 0.689. The molecule has 10 heteroatoms. The largest absolute Gasteiger partial charge is 0.495 e. The molecule has 0 unspecified atom stereocenters. The van der Waals surface area contributed by atoms with Crippen molar-refractivity contribution < 1.29 is 22.7 Å². The monoisotopic (exact) mass is 411 g/mol. The standard InChI is InChI=1S/C17H21N3O5S2/c1-20(2)27(23,24)12-6-7-14(25-3)13(11-12)19-16(21)8-9-18-17(22)15-5-4-10-26-15/h4-7,10-11H,8-9H2,1-3H3,(H,18,22)(H,19,21). The van der Waals surface area contributed by atoms with E-state index in [0.29, 0.717) is 10.6 Å². The topological polar surface area (TPSA) is 105 Å². The van der Waals surface area contributed by atoms with Crippen LogP contribution in [0.3, 0.4) is 0 Å². The summed E-state index contributed by atoms with van der Waals surface area (Å²) in [6.45, 7) is 0.153. The zero-order valence-electron chi connectivity index (χ0n) is 15.2. The normalized spacial score (nSPS) is 11.3. The number of rotatable bonds is 8. The van der Waals surface area contributed by atoms with Crippen molar-refractivity contribution in [2.24, 2.45) is 0 Å². The molecule has 0 aliphatic heterocycles. The van der Waals surface area contributed by atoms with Gasteiger partial charge in [0.2, 0.25) is 15.9 Å². The molecule has 2 rings (SSSR count). The zero-order chi connectivity index (χ0) is 20.0. The Kier molecular flexibility index (Phi) is 6.94. The van der Waals surface area contributed by atoms with Gasteiger partial charge in [0.05, 0.1) is 22.6 Å². The second-order valence-electron chi connectivity index (χ2n) is 5.68. The van der Waals surface area contributed by atoms with Gasteiger partial charge in [0, 0.05) is 27.1 Å². The van der Waals surface area contributed by atoms with E-state index < -0.39 is 10.0 Å². The van der Waals surface area contributed by atoms with E-state index in [4.69, 9.17) is 4.74 Å². The van der Waals surface area contributed by atoms with Gasteiger partial charge in [-0.05, 0) is 29.6 Å². The summed E-state index contributed by atoms with van der Waals surface area (Å²) in [5.41, 5.74) is 0.245. The van der Waals surface area contributed by atoms with E-state index in [9.17, 15) is 18.0 Å². The molecule has 0 fully saturated rings. The lowest BCUT2D eigenvalue weighted by atomic mass is 10.2. The van der Waals surface area contributed by atoms with Crippen molar-refractivity contribution in [3.05, 3.63) is 40.6 Å². The van der Waals surface area contributed by atoms with Gasteiger partial charge in [-0.3, -0.25) is 9.59 Å². The van der Waals surface area contributed by atoms with E-state index in [1.165, 1.54) is 50.7 Å². The molecule has 0 saturated heterocycles. The number of carbonyl (C=O) groups is 2. The predicted molar refractivity (Wildman–Crippen MR) is 104 cm³/mol. The Morgan fingerprint density at radius 1 is 1.22 bits per heavy atom. The average molecular weight is 412 g/mol. The minimum atomic E-state index is -3.64. The summed E-state index contributed by atoms with van der Waals surface area (Å²) in [6, 6.07) is 7.70. The van der Waals surface area contributed by atoms with Crippen LogP contribution >= 0.6 is 11.3 Å². The van der Waals surface area contributed by atoms with Crippen LogP contribution in [0.1, 0.15) is 16.1 Å². The highest BCUT2D eigenvalue weighted by molar-refractivity contribution is 7.89. The fourth-order valence-electron chi connectivity index (χ4n) is 2.15. The molecule has 1 aromatic heterocycles. The molecule has 0 atom stereocenters. The molecular formula is C17H21N3O5S2. The van der Waals surface area contributed by atoms with E-state index in [0.717, 1.165) is 4.31 Å². The van der Waals surface area contributed by atoms with Crippen LogP contribution in [0.2, 0.25) is 0 Å². The van der Waals surface area contributed by atoms with E-state index in [-0.39, 0.29) is 35.4 Å². The summed E-state index contributed by atoms with van der Waals surface area (Å²) in [5.74, 6) is -0.280. The van der Waals surface area contributed by atoms with Gasteiger partial charge in [-0.2, -0.15) is 0 Å². The number of carbonyl (C=O) groups excluding carboxylic acids is 2. The molecule has 0 saturated carbocycles. The van der Waals surface area contributed by atoms with Crippen LogP contribution in [0.15, 0.2) is 40.6 Å². The maximum atomic E-state index is 12.3. The lowest BCUT2D eigenvalue weighted by Gasteiger charge is -2.15. The third kappa shape index (κ3) is 5.28. The van der Waals surface area contributed by atoms with Gasteiger partial charge in [-0.1, -0.05) is 6.07 Å². The van der Waals surface area contributed by atoms with E-state index in [2.05, 4.69) is 10.6 Å². The maximum absolute atomic E-state index is 12.3. The molecule has 27 heavy (non-hydrogen) atoms. The molecule has 2 amide bonds. The molecule has 0 radical (unpaired) electrons. The average Bonchev–Trinajstić information content (AvgIpc) is 3.16. The number of thiophene rings is 1. The molecule has 1 heterocycles. The number of hydrogen-bond acceptors (Lipinski definition) is 6. The molecular weight excluding hydrogens is 390 g/mol. The van der Waals surface area contributed by atoms with Crippen molar-refractivity contribution in [1.29, 1.82) is 0 Å². The fourth-order valence-corrected chi connectivity index (χ4v) is 3.72. The lowest BCUT2D eigenvalue weighted by Crippen LogP contribution is -2.27. The Balaban J connectivity index is 2.02. The third-order valence-electron chi connectivity index (χ3n) is 3.61. The Hall–Kier alpha value is -2.43. The second kappa shape index (κ2) is 8.98. The Morgan fingerprint density at radius 2 is 1.96 bits per heavy atom. The first-order chi connectivity index (χ1) is 12.8. The number of amides is 2. The van der Waals surface area contributed by atoms with Crippen LogP contribution in [0.25, 0.3) is 0 Å². The number of ether oxygens (including phenoxy) is 1. The molecule has 0 aliphatic rings. The van der Waals surface area contributed by atoms with Gasteiger partial charge in [0.25, 0.3) is 5.91 Å². The molecule has 2 aromatic rings. The smallest absolute Gasteiger partial charge is 0.261 e. The number of sulfonamides is 1. The minimum Gasteiger partial charge on any atom is -0.495 e. The van der Waals surface area contributed by atoms with Crippen molar-refractivity contribution >= 4 is 38.9 Å². The number of methoxy groups -OCH3 is 1. The first-order valence-electron chi connectivity index (χ1n) is 7.98. The third-order valence-corrected chi connectivity index (χ3v) is 6.29. The molecule has 2 N–H and O–H groups in total. The van der Waals surface area contributed by atoms with Crippen LogP contribution < -0.4 is 15.4 Å². The van der Waals surface area contributed by atoms with Crippen molar-refractivity contribution in [2.45, 2.75) is 11.3 Å². The number of nitrogens with zero attached hydrogens (tertiary/aromatic N) is 1. The SMILES string of the molecule is COc1ccc(S(=O)(=O)N(C)C)cc1NC(=O)CCNC(=O)c1cccs1. The number of hydrogen-bond donors (Lipinski definition) is 2. The van der Waals surface area contributed by atoms with Gasteiger partial charge in [-0.15, -0.1) is 11.3 Å². The van der Waals surface area contributed by atoms with Crippen molar-refractivity contribution in [2.75, 3.05) is 33.1 Å². The molecule has 0 bridgehead atoms. The van der Waals surface area contributed by atoms with Crippen LogP contribution in [-0.4, -0.2) is 52.3 Å². The first-order valence-corrected chi connectivity index (χ1v) is 10.3. The van der Waals surface area contributed by atoms with Crippen LogP contribution in [-0.2, 0) is 14.8 Å². The summed E-state index contributed by atoms with van der Waals surface area (Å²) >= 11 is 1.31. The highest BCUT2D eigenvalue weighted by Crippen LogP contribution is 2.28. The predicted octanol–water partition coefficient (Wildman–Crippen LogP) is 1.77. The van der Waals surface area contributed by atoms with Crippen LogP contribution in [0.5, 0.6) is 5.75 Å². The Morgan fingerprint density at radius 3 is 2.56 bits per heavy atom. The first kappa shape index (κ1) is 20.9. The van der Waals surface area contributed by atoms with Gasteiger partial charge >= 0.3 is 0 Å². The molecule has 1 aromatic carbocycles. The fraction of sp³-hybridized carbons (Fsp3) is 0.294. The second-order valence-corrected chi connectivity index (χ2v) is 8.78. The summed E-state index contributed by atoms with van der Waals surface area (Å²) < 4.78 is 30.8. The summed E-state index contributed by atoms with van der Waals surface area (Å²) in [7, 11) is 0.630. The van der Waals surface area contributed by atoms with E-state index in [1.807, 2.05) is 0 Å². The zero-order valence-corrected chi connectivity index (χ0v) is 16.8. The summed E-state index contributed by atoms with van der Waals surface area (Å²) in [6.07, 6.45) is 0.0327. The Bertz CT molecular complexity index is 909. The van der Waals surface area contributed by atoms with Crippen molar-refractivity contribution in [3.63, 3.8) is 0 Å². The highest BCUT2D eigenvalue weighted by Gasteiger charge is 2.20. The molecule has 0 spiro atoms.